The molecule has 0 unspecified atom stereocenters. The van der Waals surface area contributed by atoms with Crippen molar-refractivity contribution in [1.29, 1.82) is 0 Å². The van der Waals surface area contributed by atoms with E-state index in [1.165, 1.54) is 19.1 Å². The Balaban J connectivity index is 2.85. The molecular formula is C12H11FO4. The number of hydrogen-bond donors (Lipinski definition) is 0. The summed E-state index contributed by atoms with van der Waals surface area (Å²) in [7, 11) is 1.13. The number of carbonyl (C=O) groups excluding carboxylic acids is 3. The molecule has 5 heteroatoms. The minimum atomic E-state index is -0.872. The van der Waals surface area contributed by atoms with Crippen molar-refractivity contribution in [3.05, 3.63) is 35.1 Å². The molecule has 0 fully saturated rings. The Morgan fingerprint density at radius 2 is 1.94 bits per heavy atom. The van der Waals surface area contributed by atoms with Gasteiger partial charge in [-0.1, -0.05) is 0 Å². The predicted octanol–water partition coefficient (Wildman–Crippen LogP) is 1.45. The molecular weight excluding hydrogens is 227 g/mol. The summed E-state index contributed by atoms with van der Waals surface area (Å²) in [5, 5.41) is 0. The number of aryl methyl sites for hydroxylation is 1. The fourth-order valence-electron chi connectivity index (χ4n) is 1.23. The van der Waals surface area contributed by atoms with Gasteiger partial charge in [0.2, 0.25) is 11.6 Å². The van der Waals surface area contributed by atoms with Crippen LogP contribution in [0.25, 0.3) is 0 Å². The van der Waals surface area contributed by atoms with Crippen molar-refractivity contribution >= 4 is 17.5 Å². The van der Waals surface area contributed by atoms with Crippen LogP contribution in [0.2, 0.25) is 0 Å². The molecule has 0 aliphatic heterocycles. The van der Waals surface area contributed by atoms with Gasteiger partial charge in [-0.15, -0.1) is 0 Å². The van der Waals surface area contributed by atoms with E-state index in [4.69, 9.17) is 0 Å². The molecule has 1 aromatic rings. The number of benzene rings is 1. The molecule has 0 saturated carbocycles. The van der Waals surface area contributed by atoms with E-state index in [2.05, 4.69) is 4.74 Å². The normalized spacial score (nSPS) is 9.82. The molecule has 0 aromatic heterocycles. The lowest BCUT2D eigenvalue weighted by atomic mass is 10.0. The highest BCUT2D eigenvalue weighted by Crippen LogP contribution is 2.10. The Morgan fingerprint density at radius 3 is 2.47 bits per heavy atom. The first-order chi connectivity index (χ1) is 7.95. The third-order valence-corrected chi connectivity index (χ3v) is 2.21. The summed E-state index contributed by atoms with van der Waals surface area (Å²) in [5.41, 5.74) is 0.333. The zero-order chi connectivity index (χ0) is 13.0. The molecule has 0 aliphatic carbocycles. The van der Waals surface area contributed by atoms with Crippen LogP contribution in [-0.2, 0) is 14.3 Å². The lowest BCUT2D eigenvalue weighted by Gasteiger charge is -2.02. The molecule has 0 heterocycles. The number of carbonyl (C=O) groups is 3. The van der Waals surface area contributed by atoms with Gasteiger partial charge < -0.3 is 4.74 Å². The molecule has 1 aromatic carbocycles. The van der Waals surface area contributed by atoms with Crippen molar-refractivity contribution in [1.82, 2.24) is 0 Å². The summed E-state index contributed by atoms with van der Waals surface area (Å²) in [5.74, 6) is -2.93. The highest BCUT2D eigenvalue weighted by molar-refractivity contribution is 6.45. The molecule has 17 heavy (non-hydrogen) atoms. The second kappa shape index (κ2) is 5.34. The molecule has 0 bridgehead atoms. The Morgan fingerprint density at radius 1 is 1.29 bits per heavy atom. The third kappa shape index (κ3) is 3.21. The van der Waals surface area contributed by atoms with Crippen LogP contribution in [0.3, 0.4) is 0 Å². The van der Waals surface area contributed by atoms with Crippen LogP contribution >= 0.6 is 0 Å². The van der Waals surface area contributed by atoms with Crippen molar-refractivity contribution in [2.45, 2.75) is 13.3 Å². The predicted molar refractivity (Wildman–Crippen MR) is 57.1 cm³/mol. The molecule has 0 spiro atoms. The van der Waals surface area contributed by atoms with Gasteiger partial charge >= 0.3 is 5.97 Å². The van der Waals surface area contributed by atoms with E-state index in [1.807, 2.05) is 0 Å². The number of hydrogen-bond acceptors (Lipinski definition) is 4. The van der Waals surface area contributed by atoms with Gasteiger partial charge in [-0.3, -0.25) is 14.4 Å². The molecule has 0 aliphatic rings. The minimum absolute atomic E-state index is 0.0674. The Labute approximate surface area is 97.4 Å². The number of ketones is 2. The van der Waals surface area contributed by atoms with E-state index in [0.29, 0.717) is 0 Å². The average Bonchev–Trinajstić information content (AvgIpc) is 2.31. The van der Waals surface area contributed by atoms with Gasteiger partial charge in [-0.05, 0) is 30.7 Å². The SMILES string of the molecule is COC(=O)CC(=O)C(=O)c1ccc(F)c(C)c1. The maximum absolute atomic E-state index is 13.0. The monoisotopic (exact) mass is 238 g/mol. The van der Waals surface area contributed by atoms with Crippen LogP contribution in [0, 0.1) is 12.7 Å². The molecule has 0 saturated heterocycles. The smallest absolute Gasteiger partial charge is 0.313 e. The average molecular weight is 238 g/mol. The van der Waals surface area contributed by atoms with E-state index in [0.717, 1.165) is 13.2 Å². The summed E-state index contributed by atoms with van der Waals surface area (Å²) in [4.78, 5) is 33.8. The van der Waals surface area contributed by atoms with Crippen LogP contribution in [0.1, 0.15) is 22.3 Å². The van der Waals surface area contributed by atoms with Crippen LogP contribution in [0.15, 0.2) is 18.2 Å². The first kappa shape index (κ1) is 13.0. The third-order valence-electron chi connectivity index (χ3n) is 2.21. The van der Waals surface area contributed by atoms with Crippen LogP contribution in [0.5, 0.6) is 0 Å². The summed E-state index contributed by atoms with van der Waals surface area (Å²) in [6, 6.07) is 3.58. The van der Waals surface area contributed by atoms with E-state index in [9.17, 15) is 18.8 Å². The fourth-order valence-corrected chi connectivity index (χ4v) is 1.23. The molecule has 4 nitrogen and oxygen atoms in total. The topological polar surface area (TPSA) is 60.4 Å². The molecule has 0 N–H and O–H groups in total. The lowest BCUT2D eigenvalue weighted by molar-refractivity contribution is -0.142. The van der Waals surface area contributed by atoms with Gasteiger partial charge in [0.15, 0.2) is 0 Å². The largest absolute Gasteiger partial charge is 0.469 e. The van der Waals surface area contributed by atoms with Crippen molar-refractivity contribution in [3.8, 4) is 0 Å². The van der Waals surface area contributed by atoms with Gasteiger partial charge in [0.05, 0.1) is 7.11 Å². The first-order valence-electron chi connectivity index (χ1n) is 4.86. The van der Waals surface area contributed by atoms with Crippen molar-refractivity contribution < 1.29 is 23.5 Å². The number of rotatable bonds is 4. The van der Waals surface area contributed by atoms with Gasteiger partial charge in [0.25, 0.3) is 0 Å². The van der Waals surface area contributed by atoms with Crippen LogP contribution < -0.4 is 0 Å². The highest BCUT2D eigenvalue weighted by Gasteiger charge is 2.20. The quantitative estimate of drug-likeness (QED) is 0.345. The van der Waals surface area contributed by atoms with Gasteiger partial charge in [0.1, 0.15) is 12.2 Å². The molecule has 1 rings (SSSR count). The Bertz CT molecular complexity index is 479. The summed E-state index contributed by atoms with van der Waals surface area (Å²) >= 11 is 0. The minimum Gasteiger partial charge on any atom is -0.469 e. The highest BCUT2D eigenvalue weighted by atomic mass is 19.1. The van der Waals surface area contributed by atoms with E-state index in [1.54, 1.807) is 0 Å². The number of Topliss-reactive ketones (excluding diaryl/α,β-unsaturated/α-hetero) is 2. The van der Waals surface area contributed by atoms with E-state index < -0.39 is 29.8 Å². The molecule has 0 amide bonds. The number of ether oxygens (including phenoxy) is 1. The summed E-state index contributed by atoms with van der Waals surface area (Å²) in [6.45, 7) is 1.48. The zero-order valence-electron chi connectivity index (χ0n) is 9.45. The van der Waals surface area contributed by atoms with Gasteiger partial charge in [0, 0.05) is 5.56 Å². The second-order valence-electron chi connectivity index (χ2n) is 3.47. The number of halogens is 1. The van der Waals surface area contributed by atoms with E-state index >= 15 is 0 Å². The van der Waals surface area contributed by atoms with Gasteiger partial charge in [-0.25, -0.2) is 4.39 Å². The van der Waals surface area contributed by atoms with Crippen LogP contribution in [0.4, 0.5) is 4.39 Å². The maximum Gasteiger partial charge on any atom is 0.313 e. The maximum atomic E-state index is 13.0. The second-order valence-corrected chi connectivity index (χ2v) is 3.47. The van der Waals surface area contributed by atoms with Gasteiger partial charge in [-0.2, -0.15) is 0 Å². The standard InChI is InChI=1S/C12H11FO4/c1-7-5-8(3-4-9(7)13)12(16)10(14)6-11(15)17-2/h3-5H,6H2,1-2H3. The Hall–Kier alpha value is -2.04. The van der Waals surface area contributed by atoms with E-state index in [-0.39, 0.29) is 11.1 Å². The number of methoxy groups -OCH3 is 1. The van der Waals surface area contributed by atoms with Crippen molar-refractivity contribution in [2.24, 2.45) is 0 Å². The zero-order valence-corrected chi connectivity index (χ0v) is 9.45. The van der Waals surface area contributed by atoms with Crippen molar-refractivity contribution in [3.63, 3.8) is 0 Å². The molecule has 0 radical (unpaired) electrons. The van der Waals surface area contributed by atoms with Crippen LogP contribution in [-0.4, -0.2) is 24.6 Å². The molecule has 90 valence electrons. The fraction of sp³-hybridized carbons (Fsp3) is 0.250. The Kier molecular flexibility index (Phi) is 4.09. The summed E-state index contributed by atoms with van der Waals surface area (Å²) < 4.78 is 17.2. The van der Waals surface area contributed by atoms with Crippen molar-refractivity contribution in [2.75, 3.05) is 7.11 Å². The number of esters is 1. The first-order valence-corrected chi connectivity index (χ1v) is 4.86. The summed E-state index contributed by atoms with van der Waals surface area (Å²) in [6.07, 6.45) is -0.605. The molecule has 0 atom stereocenters. The lowest BCUT2D eigenvalue weighted by Crippen LogP contribution is -2.19.